The smallest absolute Gasteiger partial charge is 0.300 e. The Balaban J connectivity index is 0.00000126. The highest BCUT2D eigenvalue weighted by Gasteiger charge is 2.29. The van der Waals surface area contributed by atoms with Crippen molar-refractivity contribution < 1.29 is 33.6 Å². The number of fused-ring (bicyclic) bond motifs is 2. The highest BCUT2D eigenvalue weighted by Crippen LogP contribution is 2.39. The molecule has 1 saturated carbocycles. The summed E-state index contributed by atoms with van der Waals surface area (Å²) in [6.45, 7) is 5.35. The van der Waals surface area contributed by atoms with Crippen molar-refractivity contribution in [3.05, 3.63) is 89.1 Å². The van der Waals surface area contributed by atoms with Crippen LogP contribution in [0.4, 0.5) is 0 Å². The standard InChI is InChI=1S/C44H48N6O5.C2H4O2/c1-27-32(12-8-13-33(27)44-48-37-19-28(18-29(22-45)43(37)55-44)23-46-30-10-6-5-7-11-30)34-14-9-15-38-35(34)24-47-50(38)31-20-41(52-3)36(42(21-31)53-4)25-49(2)39-16-17-54-26-40(39)51;1-2(3)4/h8-9,12-15,18-21,24,30,39-40,46,51H,5-7,10-11,16-17,23,25-26H2,1-4H3;1H3,(H,3,4). The number of nitrogens with zero attached hydrogens (tertiary/aromatic N) is 5. The highest BCUT2D eigenvalue weighted by molar-refractivity contribution is 5.97. The molecule has 1 aliphatic heterocycles. The molecule has 1 saturated heterocycles. The van der Waals surface area contributed by atoms with Crippen LogP contribution < -0.4 is 14.8 Å². The number of rotatable bonds is 11. The first-order chi connectivity index (χ1) is 28.6. The van der Waals surface area contributed by atoms with E-state index >= 15 is 0 Å². The van der Waals surface area contributed by atoms with Gasteiger partial charge >= 0.3 is 0 Å². The number of aliphatic carboxylic acids is 1. The number of hydrogen-bond acceptors (Lipinski definition) is 11. The molecule has 2 aliphatic rings. The van der Waals surface area contributed by atoms with Crippen molar-refractivity contribution in [3.8, 4) is 45.8 Å². The molecular weight excluding hydrogens is 749 g/mol. The molecule has 13 heteroatoms. The third-order valence-corrected chi connectivity index (χ3v) is 11.4. The highest BCUT2D eigenvalue weighted by atomic mass is 16.5. The predicted octanol–water partition coefficient (Wildman–Crippen LogP) is 7.79. The summed E-state index contributed by atoms with van der Waals surface area (Å²) in [6, 6.07) is 23.1. The maximum atomic E-state index is 10.6. The summed E-state index contributed by atoms with van der Waals surface area (Å²) in [5, 5.41) is 37.6. The summed E-state index contributed by atoms with van der Waals surface area (Å²) in [6.07, 6.45) is 8.34. The zero-order valence-corrected chi connectivity index (χ0v) is 34.3. The normalized spacial score (nSPS) is 17.1. The summed E-state index contributed by atoms with van der Waals surface area (Å²) < 4.78 is 25.6. The van der Waals surface area contributed by atoms with E-state index in [1.54, 1.807) is 14.2 Å². The quantitative estimate of drug-likeness (QED) is 0.117. The van der Waals surface area contributed by atoms with E-state index in [4.69, 9.17) is 38.6 Å². The molecule has 2 unspecified atom stereocenters. The van der Waals surface area contributed by atoms with Gasteiger partial charge in [0.1, 0.15) is 23.1 Å². The van der Waals surface area contributed by atoms with Crippen LogP contribution in [0.3, 0.4) is 0 Å². The van der Waals surface area contributed by atoms with Crippen LogP contribution in [0.1, 0.15) is 67.7 Å². The van der Waals surface area contributed by atoms with Gasteiger partial charge < -0.3 is 34.2 Å². The van der Waals surface area contributed by atoms with Gasteiger partial charge in [0.15, 0.2) is 5.58 Å². The SMILES string of the molecule is CC(=O)O.COc1cc(-n2ncc3c(-c4cccc(-c5nc6cc(CNC7CCCCC7)cc(C#N)c6o5)c4C)cccc32)cc(OC)c1CN(C)C1CCOCC1O. The Labute approximate surface area is 344 Å². The number of oxazole rings is 1. The molecule has 308 valence electrons. The Morgan fingerprint density at radius 1 is 1.02 bits per heavy atom. The number of nitriles is 1. The number of methoxy groups -OCH3 is 2. The number of likely N-dealkylation sites (N-methyl/N-ethyl adjacent to an activating group) is 1. The average Bonchev–Trinajstić information content (AvgIpc) is 3.88. The number of aliphatic hydroxyl groups excluding tert-OH is 1. The van der Waals surface area contributed by atoms with E-state index in [0.717, 1.165) is 63.3 Å². The first-order valence-corrected chi connectivity index (χ1v) is 20.1. The minimum absolute atomic E-state index is 0.0259. The van der Waals surface area contributed by atoms with E-state index in [1.165, 1.54) is 32.1 Å². The van der Waals surface area contributed by atoms with Gasteiger partial charge in [-0.05, 0) is 79.8 Å². The van der Waals surface area contributed by atoms with Crippen molar-refractivity contribution in [2.24, 2.45) is 0 Å². The van der Waals surface area contributed by atoms with Crippen LogP contribution in [-0.2, 0) is 22.6 Å². The second-order valence-electron chi connectivity index (χ2n) is 15.4. The Kier molecular flexibility index (Phi) is 12.9. The summed E-state index contributed by atoms with van der Waals surface area (Å²) in [4.78, 5) is 16.1. The second-order valence-corrected chi connectivity index (χ2v) is 15.4. The van der Waals surface area contributed by atoms with Crippen LogP contribution >= 0.6 is 0 Å². The first-order valence-electron chi connectivity index (χ1n) is 20.1. The predicted molar refractivity (Wildman–Crippen MR) is 226 cm³/mol. The fraction of sp³-hybridized carbons (Fsp3) is 0.391. The number of aliphatic hydroxyl groups is 1. The molecule has 1 aliphatic carbocycles. The van der Waals surface area contributed by atoms with E-state index in [1.807, 2.05) is 60.4 Å². The lowest BCUT2D eigenvalue weighted by atomic mass is 9.94. The maximum absolute atomic E-state index is 10.6. The van der Waals surface area contributed by atoms with E-state index in [0.29, 0.717) is 66.4 Å². The maximum Gasteiger partial charge on any atom is 0.300 e. The molecule has 6 aromatic rings. The molecule has 0 amide bonds. The number of aromatic nitrogens is 3. The molecule has 3 heterocycles. The Morgan fingerprint density at radius 2 is 1.71 bits per heavy atom. The number of carbonyl (C=O) groups is 1. The number of carboxylic acid groups (broad SMARTS) is 1. The number of nitrogens with one attached hydrogen (secondary N) is 1. The minimum Gasteiger partial charge on any atom is -0.496 e. The molecule has 13 nitrogen and oxygen atoms in total. The summed E-state index contributed by atoms with van der Waals surface area (Å²) >= 11 is 0. The van der Waals surface area contributed by atoms with Crippen LogP contribution in [0.2, 0.25) is 0 Å². The average molecular weight is 801 g/mol. The Morgan fingerprint density at radius 3 is 2.41 bits per heavy atom. The molecule has 0 bridgehead atoms. The fourth-order valence-corrected chi connectivity index (χ4v) is 8.45. The van der Waals surface area contributed by atoms with Gasteiger partial charge in [-0.3, -0.25) is 9.69 Å². The second kappa shape index (κ2) is 18.4. The molecule has 2 atom stereocenters. The lowest BCUT2D eigenvalue weighted by Crippen LogP contribution is -2.47. The van der Waals surface area contributed by atoms with Crippen molar-refractivity contribution in [2.75, 3.05) is 34.5 Å². The van der Waals surface area contributed by atoms with Gasteiger partial charge in [-0.15, -0.1) is 0 Å². The Hall–Kier alpha value is -5.78. The molecule has 0 radical (unpaired) electrons. The lowest BCUT2D eigenvalue weighted by Gasteiger charge is -2.35. The summed E-state index contributed by atoms with van der Waals surface area (Å²) in [5.41, 5.74) is 9.30. The molecular formula is C46H52N6O7. The van der Waals surface area contributed by atoms with Gasteiger partial charge in [0.25, 0.3) is 5.97 Å². The molecule has 2 aromatic heterocycles. The largest absolute Gasteiger partial charge is 0.496 e. The van der Waals surface area contributed by atoms with Crippen LogP contribution in [-0.4, -0.2) is 88.5 Å². The monoisotopic (exact) mass is 800 g/mol. The number of carboxylic acids is 1. The molecule has 2 fully saturated rings. The molecule has 3 N–H and O–H groups in total. The van der Waals surface area contributed by atoms with Crippen LogP contribution in [0.5, 0.6) is 11.5 Å². The van der Waals surface area contributed by atoms with E-state index < -0.39 is 12.1 Å². The van der Waals surface area contributed by atoms with Gasteiger partial charge in [0.2, 0.25) is 5.89 Å². The molecule has 59 heavy (non-hydrogen) atoms. The van der Waals surface area contributed by atoms with Crippen molar-refractivity contribution in [1.82, 2.24) is 25.0 Å². The van der Waals surface area contributed by atoms with Crippen molar-refractivity contribution in [2.45, 2.75) is 83.6 Å². The molecule has 0 spiro atoms. The first kappa shape index (κ1) is 41.4. The van der Waals surface area contributed by atoms with Crippen LogP contribution in [0.25, 0.3) is 50.3 Å². The zero-order valence-electron chi connectivity index (χ0n) is 34.3. The lowest BCUT2D eigenvalue weighted by molar-refractivity contribution is -0.134. The van der Waals surface area contributed by atoms with E-state index in [-0.39, 0.29) is 6.04 Å². The molecule has 8 rings (SSSR count). The van der Waals surface area contributed by atoms with E-state index in [2.05, 4.69) is 41.4 Å². The summed E-state index contributed by atoms with van der Waals surface area (Å²) in [5.74, 6) is 1.01. The van der Waals surface area contributed by atoms with Gasteiger partial charge in [-0.2, -0.15) is 10.4 Å². The third kappa shape index (κ3) is 8.96. The zero-order chi connectivity index (χ0) is 41.6. The van der Waals surface area contributed by atoms with Gasteiger partial charge in [-0.25, -0.2) is 9.67 Å². The minimum atomic E-state index is -0.833. The number of ether oxygens (including phenoxy) is 3. The number of hydrogen-bond donors (Lipinski definition) is 3. The van der Waals surface area contributed by atoms with Gasteiger partial charge in [-0.1, -0.05) is 43.5 Å². The van der Waals surface area contributed by atoms with Crippen molar-refractivity contribution in [3.63, 3.8) is 0 Å². The van der Waals surface area contributed by atoms with E-state index in [9.17, 15) is 10.4 Å². The van der Waals surface area contributed by atoms with Crippen molar-refractivity contribution in [1.29, 1.82) is 5.26 Å². The van der Waals surface area contributed by atoms with Crippen LogP contribution in [0, 0.1) is 18.3 Å². The van der Waals surface area contributed by atoms with Gasteiger partial charge in [0.05, 0.1) is 55.5 Å². The third-order valence-electron chi connectivity index (χ3n) is 11.4. The van der Waals surface area contributed by atoms with Crippen molar-refractivity contribution >= 4 is 28.0 Å². The molecule has 4 aromatic carbocycles. The number of benzene rings is 4. The topological polar surface area (TPSA) is 168 Å². The summed E-state index contributed by atoms with van der Waals surface area (Å²) in [7, 11) is 5.33. The van der Waals surface area contributed by atoms with Gasteiger partial charge in [0, 0.05) is 61.8 Å². The van der Waals surface area contributed by atoms with Crippen LogP contribution in [0.15, 0.2) is 71.3 Å². The fourth-order valence-electron chi connectivity index (χ4n) is 8.45. The Bertz CT molecular complexity index is 2450.